The lowest BCUT2D eigenvalue weighted by molar-refractivity contribution is 0.128. The molecule has 0 bridgehead atoms. The SMILES string of the molecule is CCc1cccc(-c2cccc(ONNC(C)CN(C)C)c2)c1. The largest absolute Gasteiger partial charge is 0.394 e. The van der Waals surface area contributed by atoms with Gasteiger partial charge in [0.1, 0.15) is 5.75 Å². The van der Waals surface area contributed by atoms with E-state index >= 15 is 0 Å². The Hall–Kier alpha value is -1.88. The van der Waals surface area contributed by atoms with Crippen molar-refractivity contribution >= 4 is 0 Å². The van der Waals surface area contributed by atoms with Crippen LogP contribution in [0, 0.1) is 0 Å². The molecule has 4 nitrogen and oxygen atoms in total. The van der Waals surface area contributed by atoms with E-state index in [1.807, 2.05) is 32.3 Å². The Labute approximate surface area is 139 Å². The van der Waals surface area contributed by atoms with Crippen LogP contribution in [0.3, 0.4) is 0 Å². The van der Waals surface area contributed by atoms with Gasteiger partial charge in [-0.05, 0) is 56.3 Å². The molecule has 0 spiro atoms. The molecule has 2 aromatic carbocycles. The average Bonchev–Trinajstić information content (AvgIpc) is 2.54. The first-order valence-electron chi connectivity index (χ1n) is 8.10. The van der Waals surface area contributed by atoms with Crippen LogP contribution in [0.5, 0.6) is 5.75 Å². The molecule has 0 saturated heterocycles. The Morgan fingerprint density at radius 2 is 1.74 bits per heavy atom. The van der Waals surface area contributed by atoms with Crippen molar-refractivity contribution in [1.82, 2.24) is 15.9 Å². The molecule has 2 aromatic rings. The topological polar surface area (TPSA) is 36.5 Å². The van der Waals surface area contributed by atoms with E-state index in [1.54, 1.807) is 0 Å². The van der Waals surface area contributed by atoms with Crippen molar-refractivity contribution in [2.45, 2.75) is 26.3 Å². The summed E-state index contributed by atoms with van der Waals surface area (Å²) >= 11 is 0. The number of aryl methyl sites for hydroxylation is 1. The Balaban J connectivity index is 1.97. The van der Waals surface area contributed by atoms with Crippen LogP contribution in [-0.4, -0.2) is 31.6 Å². The summed E-state index contributed by atoms with van der Waals surface area (Å²) in [5, 5.41) is 0. The van der Waals surface area contributed by atoms with Crippen molar-refractivity contribution in [3.05, 3.63) is 54.1 Å². The van der Waals surface area contributed by atoms with E-state index in [0.29, 0.717) is 0 Å². The molecule has 0 aliphatic rings. The van der Waals surface area contributed by atoms with Gasteiger partial charge in [-0.2, -0.15) is 0 Å². The second-order valence-electron chi connectivity index (χ2n) is 6.09. The van der Waals surface area contributed by atoms with Gasteiger partial charge >= 0.3 is 0 Å². The number of rotatable bonds is 8. The van der Waals surface area contributed by atoms with E-state index in [0.717, 1.165) is 24.3 Å². The highest BCUT2D eigenvalue weighted by atomic mass is 16.7. The van der Waals surface area contributed by atoms with Crippen molar-refractivity contribution in [3.63, 3.8) is 0 Å². The van der Waals surface area contributed by atoms with Gasteiger partial charge in [-0.15, -0.1) is 0 Å². The van der Waals surface area contributed by atoms with Gasteiger partial charge in [-0.25, -0.2) is 5.43 Å². The molecule has 0 aliphatic heterocycles. The minimum Gasteiger partial charge on any atom is -0.394 e. The first kappa shape index (κ1) is 17.5. The molecular formula is C19H27N3O. The quantitative estimate of drug-likeness (QED) is 0.734. The predicted molar refractivity (Wildman–Crippen MR) is 96.2 cm³/mol. The molecule has 1 unspecified atom stereocenters. The first-order chi connectivity index (χ1) is 11.1. The van der Waals surface area contributed by atoms with E-state index in [2.05, 4.69) is 60.1 Å². The van der Waals surface area contributed by atoms with Gasteiger partial charge in [-0.1, -0.05) is 48.9 Å². The Bertz CT molecular complexity index is 613. The number of hydrogen-bond acceptors (Lipinski definition) is 4. The number of hydrogen-bond donors (Lipinski definition) is 2. The molecule has 0 heterocycles. The van der Waals surface area contributed by atoms with Crippen LogP contribution in [-0.2, 0) is 6.42 Å². The summed E-state index contributed by atoms with van der Waals surface area (Å²) in [6, 6.07) is 17.0. The van der Waals surface area contributed by atoms with Crippen LogP contribution in [0.1, 0.15) is 19.4 Å². The van der Waals surface area contributed by atoms with Crippen molar-refractivity contribution < 1.29 is 4.84 Å². The molecule has 2 N–H and O–H groups in total. The maximum Gasteiger partial charge on any atom is 0.149 e. The lowest BCUT2D eigenvalue weighted by Gasteiger charge is -2.18. The highest BCUT2D eigenvalue weighted by Crippen LogP contribution is 2.24. The fourth-order valence-electron chi connectivity index (χ4n) is 2.49. The minimum atomic E-state index is 0.286. The van der Waals surface area contributed by atoms with E-state index in [-0.39, 0.29) is 6.04 Å². The maximum atomic E-state index is 5.60. The van der Waals surface area contributed by atoms with E-state index in [1.165, 1.54) is 11.1 Å². The zero-order valence-electron chi connectivity index (χ0n) is 14.5. The molecule has 0 radical (unpaired) electrons. The van der Waals surface area contributed by atoms with Gasteiger partial charge in [0.15, 0.2) is 0 Å². The van der Waals surface area contributed by atoms with Gasteiger partial charge in [0, 0.05) is 12.6 Å². The van der Waals surface area contributed by atoms with Crippen LogP contribution < -0.4 is 15.9 Å². The lowest BCUT2D eigenvalue weighted by Crippen LogP contribution is -2.45. The van der Waals surface area contributed by atoms with Gasteiger partial charge in [0.2, 0.25) is 0 Å². The molecule has 0 aromatic heterocycles. The van der Waals surface area contributed by atoms with Crippen LogP contribution in [0.4, 0.5) is 0 Å². The van der Waals surface area contributed by atoms with Crippen LogP contribution in [0.15, 0.2) is 48.5 Å². The second-order valence-corrected chi connectivity index (χ2v) is 6.09. The van der Waals surface area contributed by atoms with Crippen LogP contribution in [0.25, 0.3) is 11.1 Å². The Kier molecular flexibility index (Phi) is 6.59. The Morgan fingerprint density at radius 1 is 1.04 bits per heavy atom. The summed E-state index contributed by atoms with van der Waals surface area (Å²) < 4.78 is 0. The minimum absolute atomic E-state index is 0.286. The molecule has 0 fully saturated rings. The predicted octanol–water partition coefficient (Wildman–Crippen LogP) is 3.25. The normalized spacial score (nSPS) is 12.4. The van der Waals surface area contributed by atoms with Gasteiger partial charge in [-0.3, -0.25) is 0 Å². The number of nitrogens with zero attached hydrogens (tertiary/aromatic N) is 1. The van der Waals surface area contributed by atoms with E-state index < -0.39 is 0 Å². The van der Waals surface area contributed by atoms with E-state index in [9.17, 15) is 0 Å². The standard InChI is InChI=1S/C19H27N3O/c1-5-16-8-6-9-17(12-16)18-10-7-11-19(13-18)23-21-20-15(2)14-22(3)4/h6-13,15,20-21H,5,14H2,1-4H3. The number of nitrogens with one attached hydrogen (secondary N) is 2. The zero-order valence-corrected chi connectivity index (χ0v) is 14.5. The maximum absolute atomic E-state index is 5.60. The first-order valence-corrected chi connectivity index (χ1v) is 8.10. The summed E-state index contributed by atoms with van der Waals surface area (Å²) in [6.07, 6.45) is 1.04. The molecule has 2 rings (SSSR count). The second kappa shape index (κ2) is 8.67. The number of likely N-dealkylation sites (N-methyl/N-ethyl adjacent to an activating group) is 1. The molecule has 0 aliphatic carbocycles. The fourth-order valence-corrected chi connectivity index (χ4v) is 2.49. The highest BCUT2D eigenvalue weighted by molar-refractivity contribution is 5.65. The third-order valence-electron chi connectivity index (χ3n) is 3.62. The molecule has 23 heavy (non-hydrogen) atoms. The molecule has 4 heteroatoms. The average molecular weight is 313 g/mol. The summed E-state index contributed by atoms with van der Waals surface area (Å²) in [7, 11) is 4.10. The van der Waals surface area contributed by atoms with Crippen molar-refractivity contribution in [2.75, 3.05) is 20.6 Å². The monoisotopic (exact) mass is 313 g/mol. The third-order valence-corrected chi connectivity index (χ3v) is 3.62. The summed E-state index contributed by atoms with van der Waals surface area (Å²) in [4.78, 5) is 7.72. The number of benzene rings is 2. The van der Waals surface area contributed by atoms with Crippen molar-refractivity contribution in [3.8, 4) is 16.9 Å². The summed E-state index contributed by atoms with van der Waals surface area (Å²) in [6.45, 7) is 5.20. The Morgan fingerprint density at radius 3 is 2.43 bits per heavy atom. The molecule has 1 atom stereocenters. The molecule has 0 amide bonds. The molecular weight excluding hydrogens is 286 g/mol. The van der Waals surface area contributed by atoms with Crippen LogP contribution in [0.2, 0.25) is 0 Å². The third kappa shape index (κ3) is 5.67. The summed E-state index contributed by atoms with van der Waals surface area (Å²) in [5.41, 5.74) is 9.66. The zero-order chi connectivity index (χ0) is 16.7. The van der Waals surface area contributed by atoms with Crippen molar-refractivity contribution in [1.29, 1.82) is 0 Å². The fraction of sp³-hybridized carbons (Fsp3) is 0.368. The van der Waals surface area contributed by atoms with Gasteiger partial charge in [0.25, 0.3) is 0 Å². The summed E-state index contributed by atoms with van der Waals surface area (Å²) in [5.74, 6) is 0.786. The molecule has 0 saturated carbocycles. The molecule has 124 valence electrons. The lowest BCUT2D eigenvalue weighted by atomic mass is 10.0. The van der Waals surface area contributed by atoms with E-state index in [4.69, 9.17) is 4.84 Å². The smallest absolute Gasteiger partial charge is 0.149 e. The number of hydrazine groups is 1. The van der Waals surface area contributed by atoms with Gasteiger partial charge < -0.3 is 9.74 Å². The van der Waals surface area contributed by atoms with Crippen LogP contribution >= 0.6 is 0 Å². The van der Waals surface area contributed by atoms with Crippen molar-refractivity contribution in [2.24, 2.45) is 0 Å². The highest BCUT2D eigenvalue weighted by Gasteiger charge is 2.04. The van der Waals surface area contributed by atoms with Gasteiger partial charge in [0.05, 0.1) is 0 Å².